The smallest absolute Gasteiger partial charge is 0.0877 e. The molecular formula is C11H12S2. The second-order valence-corrected chi connectivity index (χ2v) is 5.45. The zero-order chi connectivity index (χ0) is 9.42. The summed E-state index contributed by atoms with van der Waals surface area (Å²) >= 11 is 3.75. The highest BCUT2D eigenvalue weighted by Crippen LogP contribution is 2.20. The van der Waals surface area contributed by atoms with Crippen LogP contribution in [0.15, 0.2) is 11.4 Å². The van der Waals surface area contributed by atoms with Gasteiger partial charge in [0.1, 0.15) is 0 Å². The van der Waals surface area contributed by atoms with E-state index in [1.807, 2.05) is 22.7 Å². The number of hydrogen-bond acceptors (Lipinski definition) is 2. The average molecular weight is 208 g/mol. The van der Waals surface area contributed by atoms with Crippen LogP contribution >= 0.6 is 22.7 Å². The van der Waals surface area contributed by atoms with Crippen molar-refractivity contribution in [3.63, 3.8) is 0 Å². The summed E-state index contributed by atoms with van der Waals surface area (Å²) in [5, 5.41) is 5.01. The van der Waals surface area contributed by atoms with E-state index < -0.39 is 0 Å². The molecule has 0 unspecified atom stereocenters. The summed E-state index contributed by atoms with van der Waals surface area (Å²) in [4.78, 5) is 0. The molecule has 13 heavy (non-hydrogen) atoms. The molecule has 2 aromatic heterocycles. The van der Waals surface area contributed by atoms with E-state index in [4.69, 9.17) is 0 Å². The fourth-order valence-corrected chi connectivity index (χ4v) is 3.76. The molecule has 0 amide bonds. The van der Waals surface area contributed by atoms with Gasteiger partial charge in [-0.25, -0.2) is 0 Å². The molecule has 0 aliphatic rings. The highest BCUT2D eigenvalue weighted by atomic mass is 32.2. The van der Waals surface area contributed by atoms with Crippen LogP contribution in [-0.4, -0.2) is 0 Å². The third kappa shape index (κ3) is 1.34. The van der Waals surface area contributed by atoms with E-state index in [1.165, 1.54) is 24.7 Å². The maximum absolute atomic E-state index is 2.22. The molecule has 0 nitrogen and oxygen atoms in total. The molecule has 0 saturated heterocycles. The first-order valence-corrected chi connectivity index (χ1v) is 6.03. The van der Waals surface area contributed by atoms with E-state index in [1.54, 1.807) is 0 Å². The molecular weight excluding hydrogens is 196 g/mol. The number of fused-ring (bicyclic) bond motifs is 1. The molecule has 0 aliphatic carbocycles. The van der Waals surface area contributed by atoms with Gasteiger partial charge in [-0.1, -0.05) is 11.6 Å². The molecule has 2 heterocycles. The van der Waals surface area contributed by atoms with Crippen molar-refractivity contribution < 1.29 is 0 Å². The van der Waals surface area contributed by atoms with Crippen LogP contribution < -0.4 is 9.75 Å². The molecule has 2 aromatic rings. The largest absolute Gasteiger partial charge is 0.133 e. The van der Waals surface area contributed by atoms with Crippen LogP contribution in [0, 0.1) is 0 Å². The second-order valence-electron chi connectivity index (χ2n) is 3.26. The zero-order valence-corrected chi connectivity index (χ0v) is 9.68. The van der Waals surface area contributed by atoms with E-state index in [9.17, 15) is 0 Å². The van der Waals surface area contributed by atoms with Gasteiger partial charge in [-0.15, -0.1) is 22.7 Å². The molecule has 0 N–H and O–H groups in total. The highest BCUT2D eigenvalue weighted by Gasteiger charge is 2.01. The van der Waals surface area contributed by atoms with Crippen LogP contribution in [0.1, 0.15) is 20.8 Å². The van der Waals surface area contributed by atoms with Gasteiger partial charge in [0, 0.05) is 9.92 Å². The van der Waals surface area contributed by atoms with Crippen molar-refractivity contribution in [2.24, 2.45) is 0 Å². The maximum atomic E-state index is 2.22. The van der Waals surface area contributed by atoms with E-state index in [0.717, 1.165) is 0 Å². The number of hydrogen-bond donors (Lipinski definition) is 0. The molecule has 0 fully saturated rings. The molecule has 0 aromatic carbocycles. The number of thiophene rings is 2. The first-order chi connectivity index (χ1) is 6.24. The van der Waals surface area contributed by atoms with Crippen molar-refractivity contribution in [3.8, 4) is 0 Å². The van der Waals surface area contributed by atoms with Gasteiger partial charge in [0.15, 0.2) is 0 Å². The molecule has 68 valence electrons. The van der Waals surface area contributed by atoms with Crippen molar-refractivity contribution in [1.82, 2.24) is 0 Å². The Labute approximate surface area is 85.8 Å². The van der Waals surface area contributed by atoms with E-state index in [2.05, 4.69) is 38.3 Å². The average Bonchev–Trinajstić information content (AvgIpc) is 2.60. The van der Waals surface area contributed by atoms with Gasteiger partial charge in [-0.3, -0.25) is 0 Å². The topological polar surface area (TPSA) is 0 Å². The molecule has 2 rings (SSSR count). The van der Waals surface area contributed by atoms with Crippen LogP contribution in [0.4, 0.5) is 0 Å². The first-order valence-electron chi connectivity index (χ1n) is 4.34. The predicted molar refractivity (Wildman–Crippen MR) is 63.8 cm³/mol. The Balaban J connectivity index is 3.10. The summed E-state index contributed by atoms with van der Waals surface area (Å²) in [5.41, 5.74) is 1.42. The van der Waals surface area contributed by atoms with Gasteiger partial charge in [-0.05, 0) is 37.4 Å². The first kappa shape index (κ1) is 8.97. The van der Waals surface area contributed by atoms with Crippen LogP contribution in [0.3, 0.4) is 0 Å². The van der Waals surface area contributed by atoms with Gasteiger partial charge in [0.25, 0.3) is 0 Å². The SMILES string of the molecule is C/C=c1\c(=C(C)C)sc2sccc12. The van der Waals surface area contributed by atoms with E-state index in [-0.39, 0.29) is 0 Å². The fourth-order valence-electron chi connectivity index (χ4n) is 1.50. The van der Waals surface area contributed by atoms with E-state index in [0.29, 0.717) is 0 Å². The summed E-state index contributed by atoms with van der Waals surface area (Å²) in [6, 6.07) is 2.22. The molecule has 0 spiro atoms. The Morgan fingerprint density at radius 2 is 2.15 bits per heavy atom. The Hall–Kier alpha value is -0.600. The van der Waals surface area contributed by atoms with Gasteiger partial charge < -0.3 is 0 Å². The van der Waals surface area contributed by atoms with Gasteiger partial charge in [-0.2, -0.15) is 0 Å². The summed E-state index contributed by atoms with van der Waals surface area (Å²) in [6.07, 6.45) is 2.22. The minimum Gasteiger partial charge on any atom is -0.133 e. The molecule has 0 radical (unpaired) electrons. The normalized spacial score (nSPS) is 12.7. The predicted octanol–water partition coefficient (Wildman–Crippen LogP) is 2.95. The van der Waals surface area contributed by atoms with Crippen molar-refractivity contribution in [2.75, 3.05) is 0 Å². The third-order valence-corrected chi connectivity index (χ3v) is 4.58. The Bertz CT molecular complexity index is 536. The lowest BCUT2D eigenvalue weighted by molar-refractivity contribution is 1.56. The fraction of sp³-hybridized carbons (Fsp3) is 0.273. The second kappa shape index (κ2) is 3.28. The lowest BCUT2D eigenvalue weighted by Crippen LogP contribution is -2.19. The molecule has 2 heteroatoms. The van der Waals surface area contributed by atoms with Crippen LogP contribution in [-0.2, 0) is 0 Å². The Morgan fingerprint density at radius 1 is 1.38 bits per heavy atom. The standard InChI is InChI=1S/C11H12S2/c1-4-8-9-5-6-12-11(9)13-10(8)7(2)3/h4-6H,1-3H3/b8-4-. The minimum atomic E-state index is 1.42. The van der Waals surface area contributed by atoms with Gasteiger partial charge in [0.2, 0.25) is 0 Å². The van der Waals surface area contributed by atoms with Crippen LogP contribution in [0.5, 0.6) is 0 Å². The summed E-state index contributed by atoms with van der Waals surface area (Å²) in [7, 11) is 0. The van der Waals surface area contributed by atoms with Crippen molar-refractivity contribution in [2.45, 2.75) is 20.8 Å². The monoisotopic (exact) mass is 208 g/mol. The summed E-state index contributed by atoms with van der Waals surface area (Å²) in [6.45, 7) is 6.48. The van der Waals surface area contributed by atoms with Crippen molar-refractivity contribution in [1.29, 1.82) is 0 Å². The summed E-state index contributed by atoms with van der Waals surface area (Å²) in [5.74, 6) is 0. The minimum absolute atomic E-state index is 1.42. The Morgan fingerprint density at radius 3 is 2.77 bits per heavy atom. The highest BCUT2D eigenvalue weighted by molar-refractivity contribution is 7.36. The van der Waals surface area contributed by atoms with Crippen molar-refractivity contribution in [3.05, 3.63) is 21.2 Å². The van der Waals surface area contributed by atoms with Crippen molar-refractivity contribution >= 4 is 43.7 Å². The van der Waals surface area contributed by atoms with Crippen LogP contribution in [0.2, 0.25) is 0 Å². The van der Waals surface area contributed by atoms with Gasteiger partial charge >= 0.3 is 0 Å². The Kier molecular flexibility index (Phi) is 2.26. The van der Waals surface area contributed by atoms with Crippen LogP contribution in [0.25, 0.3) is 21.0 Å². The van der Waals surface area contributed by atoms with E-state index >= 15 is 0 Å². The molecule has 0 saturated carbocycles. The third-order valence-electron chi connectivity index (χ3n) is 2.10. The lowest BCUT2D eigenvalue weighted by atomic mass is 10.2. The number of rotatable bonds is 0. The zero-order valence-electron chi connectivity index (χ0n) is 8.05. The molecule has 0 aliphatic heterocycles. The molecule has 0 atom stereocenters. The quantitative estimate of drug-likeness (QED) is 0.624. The lowest BCUT2D eigenvalue weighted by Gasteiger charge is -1.83. The van der Waals surface area contributed by atoms with Gasteiger partial charge in [0.05, 0.1) is 4.01 Å². The summed E-state index contributed by atoms with van der Waals surface area (Å²) < 4.78 is 2.90. The maximum Gasteiger partial charge on any atom is 0.0877 e. The molecule has 0 bridgehead atoms.